The van der Waals surface area contributed by atoms with Crippen LogP contribution >= 0.6 is 7.37 Å². The minimum Gasteiger partial charge on any atom is -0.328 e. The van der Waals surface area contributed by atoms with Gasteiger partial charge in [-0.05, 0) is 19.3 Å². The zero-order valence-electron chi connectivity index (χ0n) is 21.2. The second-order valence-electron chi connectivity index (χ2n) is 9.46. The smallest absolute Gasteiger partial charge is 0.203 e. The van der Waals surface area contributed by atoms with Gasteiger partial charge in [0.05, 0.1) is 6.61 Å². The lowest BCUT2D eigenvalue weighted by Crippen LogP contribution is -2.03. The molecule has 0 aromatic carbocycles. The van der Waals surface area contributed by atoms with Crippen molar-refractivity contribution in [3.05, 3.63) is 0 Å². The summed E-state index contributed by atoms with van der Waals surface area (Å²) in [5.41, 5.74) is 0. The van der Waals surface area contributed by atoms with E-state index in [9.17, 15) is 4.57 Å². The van der Waals surface area contributed by atoms with Gasteiger partial charge in [-0.2, -0.15) is 0 Å². The monoisotopic (exact) mass is 444 g/mol. The van der Waals surface area contributed by atoms with Crippen LogP contribution in [0.15, 0.2) is 0 Å². The molecule has 0 fully saturated rings. The van der Waals surface area contributed by atoms with E-state index >= 15 is 0 Å². The van der Waals surface area contributed by atoms with Gasteiger partial charge in [-0.1, -0.05) is 136 Å². The number of rotatable bonds is 25. The molecule has 0 aliphatic heterocycles. The van der Waals surface area contributed by atoms with Gasteiger partial charge in [-0.25, -0.2) is 0 Å². The first kappa shape index (κ1) is 30.2. The predicted molar refractivity (Wildman–Crippen MR) is 137 cm³/mol. The second kappa shape index (κ2) is 23.8. The molecule has 0 bridgehead atoms. The summed E-state index contributed by atoms with van der Waals surface area (Å²) in [5, 5.41) is 0. The molecule has 0 aliphatic rings. The lowest BCUT2D eigenvalue weighted by atomic mass is 10.1. The largest absolute Gasteiger partial charge is 0.328 e. The van der Waals surface area contributed by atoms with Gasteiger partial charge in [0.15, 0.2) is 0 Å². The number of hydrogen-bond acceptors (Lipinski definition) is 2. The Hall–Kier alpha value is 0.190. The lowest BCUT2D eigenvalue weighted by Gasteiger charge is -2.19. The molecule has 0 atom stereocenters. The lowest BCUT2D eigenvalue weighted by molar-refractivity contribution is 0.299. The van der Waals surface area contributed by atoms with Crippen LogP contribution in [0.5, 0.6) is 0 Å². The summed E-state index contributed by atoms with van der Waals surface area (Å²) in [6.07, 6.45) is 28.7. The summed E-state index contributed by atoms with van der Waals surface area (Å²) in [5.74, 6) is 0. The molecule has 0 aromatic heterocycles. The van der Waals surface area contributed by atoms with Crippen LogP contribution in [-0.2, 0) is 9.09 Å². The van der Waals surface area contributed by atoms with Crippen molar-refractivity contribution in [1.29, 1.82) is 0 Å². The number of hydrogen-bond donors (Lipinski definition) is 0. The van der Waals surface area contributed by atoms with E-state index in [1.54, 1.807) is 0 Å². The fourth-order valence-electron chi connectivity index (χ4n) is 4.15. The van der Waals surface area contributed by atoms with E-state index in [1.807, 2.05) is 0 Å². The molecule has 0 aromatic rings. The van der Waals surface area contributed by atoms with E-state index in [2.05, 4.69) is 20.8 Å². The van der Waals surface area contributed by atoms with E-state index < -0.39 is 7.37 Å². The van der Waals surface area contributed by atoms with Crippen LogP contribution in [0, 0.1) is 0 Å². The first-order valence-electron chi connectivity index (χ1n) is 13.9. The summed E-state index contributed by atoms with van der Waals surface area (Å²) in [6, 6.07) is 0. The van der Waals surface area contributed by atoms with Gasteiger partial charge in [-0.15, -0.1) is 0 Å². The van der Waals surface area contributed by atoms with Crippen molar-refractivity contribution in [2.45, 2.75) is 156 Å². The van der Waals surface area contributed by atoms with Gasteiger partial charge in [0.1, 0.15) is 0 Å². The molecule has 0 amide bonds. The summed E-state index contributed by atoms with van der Waals surface area (Å²) >= 11 is 0. The van der Waals surface area contributed by atoms with Crippen molar-refractivity contribution in [1.82, 2.24) is 0 Å². The topological polar surface area (TPSA) is 26.3 Å². The fraction of sp³-hybridized carbons (Fsp3) is 1.00. The average molecular weight is 445 g/mol. The fourth-order valence-corrected chi connectivity index (χ4v) is 6.51. The van der Waals surface area contributed by atoms with E-state index in [4.69, 9.17) is 4.52 Å². The van der Waals surface area contributed by atoms with E-state index in [-0.39, 0.29) is 0 Å². The Labute approximate surface area is 191 Å². The van der Waals surface area contributed by atoms with Crippen molar-refractivity contribution in [3.63, 3.8) is 0 Å². The maximum atomic E-state index is 13.4. The maximum absolute atomic E-state index is 13.4. The average Bonchev–Trinajstić information content (AvgIpc) is 2.74. The molecule has 0 radical (unpaired) electrons. The first-order chi connectivity index (χ1) is 14.7. The van der Waals surface area contributed by atoms with Crippen molar-refractivity contribution < 1.29 is 9.09 Å². The molecule has 0 N–H and O–H groups in total. The molecule has 0 saturated carbocycles. The van der Waals surface area contributed by atoms with Gasteiger partial charge >= 0.3 is 0 Å². The van der Waals surface area contributed by atoms with Crippen molar-refractivity contribution >= 4 is 7.37 Å². The van der Waals surface area contributed by atoms with Crippen LogP contribution < -0.4 is 0 Å². The van der Waals surface area contributed by atoms with Crippen LogP contribution in [0.2, 0.25) is 0 Å². The van der Waals surface area contributed by atoms with Gasteiger partial charge < -0.3 is 4.52 Å². The van der Waals surface area contributed by atoms with Crippen molar-refractivity contribution in [2.75, 3.05) is 18.9 Å². The Balaban J connectivity index is 4.05. The summed E-state index contributed by atoms with van der Waals surface area (Å²) in [6.45, 7) is 7.52. The molecule has 3 heteroatoms. The third-order valence-electron chi connectivity index (χ3n) is 6.28. The predicted octanol–water partition coefficient (Wildman–Crippen LogP) is 10.5. The molecule has 0 aliphatic carbocycles. The first-order valence-corrected chi connectivity index (χ1v) is 15.9. The summed E-state index contributed by atoms with van der Waals surface area (Å²) < 4.78 is 19.5. The summed E-state index contributed by atoms with van der Waals surface area (Å²) in [4.78, 5) is 0. The molecule has 0 spiro atoms. The Morgan fingerprint density at radius 1 is 0.433 bits per heavy atom. The van der Waals surface area contributed by atoms with Gasteiger partial charge in [0.25, 0.3) is 0 Å². The van der Waals surface area contributed by atoms with E-state index in [0.29, 0.717) is 0 Å². The molecule has 182 valence electrons. The van der Waals surface area contributed by atoms with Crippen LogP contribution in [0.3, 0.4) is 0 Å². The molecule has 2 nitrogen and oxygen atoms in total. The Morgan fingerprint density at radius 3 is 1.10 bits per heavy atom. The molecule has 0 rings (SSSR count). The zero-order valence-corrected chi connectivity index (χ0v) is 22.1. The highest BCUT2D eigenvalue weighted by molar-refractivity contribution is 7.58. The van der Waals surface area contributed by atoms with Crippen LogP contribution in [-0.4, -0.2) is 18.9 Å². The van der Waals surface area contributed by atoms with Gasteiger partial charge in [0.2, 0.25) is 7.37 Å². The highest BCUT2D eigenvalue weighted by Gasteiger charge is 2.21. The molecule has 0 unspecified atom stereocenters. The third-order valence-corrected chi connectivity index (χ3v) is 8.93. The summed E-state index contributed by atoms with van der Waals surface area (Å²) in [7, 11) is -2.41. The molecule has 0 saturated heterocycles. The standard InChI is InChI=1S/C27H57O2P/c1-4-7-10-13-16-19-22-25-29-30(28,26-23-20-17-14-11-8-5-2)27-24-21-18-15-12-9-6-3/h4-27H2,1-3H3. The third kappa shape index (κ3) is 21.4. The molecular weight excluding hydrogens is 387 g/mol. The van der Waals surface area contributed by atoms with Gasteiger partial charge in [0, 0.05) is 12.3 Å². The highest BCUT2D eigenvalue weighted by atomic mass is 31.2. The Morgan fingerprint density at radius 2 is 0.733 bits per heavy atom. The van der Waals surface area contributed by atoms with Crippen LogP contribution in [0.25, 0.3) is 0 Å². The van der Waals surface area contributed by atoms with E-state index in [0.717, 1.165) is 38.2 Å². The molecule has 0 heterocycles. The normalized spacial score (nSPS) is 12.0. The Bertz CT molecular complexity index is 348. The SMILES string of the molecule is CCCCCCCCCOP(=O)(CCCCCCCCC)CCCCCCCCC. The molecule has 30 heavy (non-hydrogen) atoms. The zero-order chi connectivity index (χ0) is 22.2. The second-order valence-corrected chi connectivity index (χ2v) is 12.2. The number of unbranched alkanes of at least 4 members (excludes halogenated alkanes) is 18. The Kier molecular flexibility index (Phi) is 24.0. The molecular formula is C27H57O2P. The van der Waals surface area contributed by atoms with Crippen LogP contribution in [0.4, 0.5) is 0 Å². The van der Waals surface area contributed by atoms with E-state index in [1.165, 1.54) is 116 Å². The quantitative estimate of drug-likeness (QED) is 0.103. The minimum absolute atomic E-state index is 0.720. The van der Waals surface area contributed by atoms with Crippen molar-refractivity contribution in [2.24, 2.45) is 0 Å². The van der Waals surface area contributed by atoms with Crippen molar-refractivity contribution in [3.8, 4) is 0 Å². The highest BCUT2D eigenvalue weighted by Crippen LogP contribution is 2.49. The van der Waals surface area contributed by atoms with Crippen LogP contribution in [0.1, 0.15) is 156 Å². The maximum Gasteiger partial charge on any atom is 0.203 e. The van der Waals surface area contributed by atoms with Gasteiger partial charge in [-0.3, -0.25) is 4.57 Å². The minimum atomic E-state index is -2.41.